The van der Waals surface area contributed by atoms with Crippen molar-refractivity contribution in [3.8, 4) is 0 Å². The van der Waals surface area contributed by atoms with E-state index < -0.39 is 0 Å². The smallest absolute Gasteiger partial charge is 0.246 e. The van der Waals surface area contributed by atoms with Gasteiger partial charge in [-0.15, -0.1) is 0 Å². The summed E-state index contributed by atoms with van der Waals surface area (Å²) in [7, 11) is 0. The van der Waals surface area contributed by atoms with Gasteiger partial charge in [-0.1, -0.05) is 70.9 Å². The third-order valence-corrected chi connectivity index (χ3v) is 4.90. The van der Waals surface area contributed by atoms with Crippen molar-refractivity contribution < 1.29 is 21.7 Å². The van der Waals surface area contributed by atoms with Crippen molar-refractivity contribution in [1.82, 2.24) is 4.57 Å². The van der Waals surface area contributed by atoms with Gasteiger partial charge in [0.05, 0.1) is 13.2 Å². The maximum atomic E-state index is 5.91. The normalized spacial score (nSPS) is 11.0. The molecule has 0 spiro atoms. The molecule has 0 unspecified atom stereocenters. The number of para-hydroxylation sites is 2. The molecule has 0 bridgehead atoms. The molecule has 0 fully saturated rings. The lowest BCUT2D eigenvalue weighted by molar-refractivity contribution is -0.710. The van der Waals surface area contributed by atoms with Crippen LogP contribution in [0, 0.1) is 0 Å². The van der Waals surface area contributed by atoms with Crippen LogP contribution >= 0.6 is 0 Å². The number of unbranched alkanes of at least 4 members (excludes halogenated alkanes) is 8. The number of aryl methyl sites for hydroxylation is 1. The number of fused-ring (bicyclic) bond motifs is 1. The van der Waals surface area contributed by atoms with Gasteiger partial charge in [0.1, 0.15) is 0 Å². The summed E-state index contributed by atoms with van der Waals surface area (Å²) in [5.74, 6) is 0. The van der Waals surface area contributed by atoms with Gasteiger partial charge in [0.25, 0.3) is 0 Å². The summed E-state index contributed by atoms with van der Waals surface area (Å²) >= 11 is 0. The van der Waals surface area contributed by atoms with Crippen LogP contribution in [0.5, 0.6) is 0 Å². The summed E-state index contributed by atoms with van der Waals surface area (Å²) in [6.45, 7) is 7.15. The Hall–Kier alpha value is -1.06. The van der Waals surface area contributed by atoms with Crippen molar-refractivity contribution in [3.05, 3.63) is 30.6 Å². The van der Waals surface area contributed by atoms with Gasteiger partial charge in [0.2, 0.25) is 6.33 Å². The van der Waals surface area contributed by atoms with Crippen molar-refractivity contribution in [2.45, 2.75) is 91.3 Å². The molecular weight excluding hydrogens is 344 g/mol. The number of aromatic nitrogens is 2. The van der Waals surface area contributed by atoms with Crippen molar-refractivity contribution in [1.29, 1.82) is 0 Å². The maximum absolute atomic E-state index is 5.91. The van der Waals surface area contributed by atoms with E-state index in [9.17, 15) is 0 Å². The number of halogens is 1. The molecule has 0 radical (unpaired) electrons. The van der Waals surface area contributed by atoms with Crippen LogP contribution in [-0.4, -0.2) is 11.2 Å². The Bertz CT molecular complexity index is 547. The van der Waals surface area contributed by atoms with Crippen LogP contribution in [0.4, 0.5) is 0 Å². The second-order valence-corrected chi connectivity index (χ2v) is 7.13. The lowest BCUT2D eigenvalue weighted by atomic mass is 10.1. The van der Waals surface area contributed by atoms with E-state index in [1.807, 2.05) is 0 Å². The third-order valence-electron chi connectivity index (χ3n) is 4.90. The van der Waals surface area contributed by atoms with E-state index in [4.69, 9.17) is 4.74 Å². The minimum atomic E-state index is 0. The Morgan fingerprint density at radius 1 is 0.846 bits per heavy atom. The fraction of sp³-hybridized carbons (Fsp3) is 0.682. The van der Waals surface area contributed by atoms with E-state index in [-0.39, 0.29) is 12.4 Å². The Morgan fingerprint density at radius 3 is 2.27 bits per heavy atom. The first-order chi connectivity index (χ1) is 12.4. The number of hydrogen-bond donors (Lipinski definition) is 0. The fourth-order valence-corrected chi connectivity index (χ4v) is 3.38. The first kappa shape index (κ1) is 23.0. The molecule has 2 aromatic rings. The Kier molecular flexibility index (Phi) is 12.4. The first-order valence-corrected chi connectivity index (χ1v) is 10.4. The topological polar surface area (TPSA) is 18.0 Å². The van der Waals surface area contributed by atoms with Gasteiger partial charge in [-0.3, -0.25) is 0 Å². The lowest BCUT2D eigenvalue weighted by Gasteiger charge is -2.01. The molecule has 0 aliphatic rings. The average molecular weight is 381 g/mol. The summed E-state index contributed by atoms with van der Waals surface area (Å²) in [4.78, 5) is 0. The summed E-state index contributed by atoms with van der Waals surface area (Å²) in [5, 5.41) is 0. The van der Waals surface area contributed by atoms with Gasteiger partial charge in [-0.05, 0) is 31.4 Å². The molecule has 0 saturated carbocycles. The van der Waals surface area contributed by atoms with Crippen molar-refractivity contribution in [2.75, 3.05) is 6.61 Å². The van der Waals surface area contributed by atoms with Gasteiger partial charge in [-0.25, -0.2) is 9.13 Å². The van der Waals surface area contributed by atoms with Crippen molar-refractivity contribution >= 4 is 11.0 Å². The largest absolute Gasteiger partial charge is 1.00 e. The highest BCUT2D eigenvalue weighted by Crippen LogP contribution is 2.13. The Labute approximate surface area is 166 Å². The predicted molar refractivity (Wildman–Crippen MR) is 106 cm³/mol. The Morgan fingerprint density at radius 2 is 1.50 bits per heavy atom. The lowest BCUT2D eigenvalue weighted by Crippen LogP contribution is -3.00. The molecule has 0 saturated heterocycles. The van der Waals surface area contributed by atoms with E-state index in [1.54, 1.807) is 0 Å². The van der Waals surface area contributed by atoms with Gasteiger partial charge in [-0.2, -0.15) is 0 Å². The van der Waals surface area contributed by atoms with E-state index in [0.29, 0.717) is 6.73 Å². The fourth-order valence-electron chi connectivity index (χ4n) is 3.38. The number of hydrogen-bond acceptors (Lipinski definition) is 1. The SMILES string of the molecule is CCCCCCCCn1c[n+](COCCCCCC)c2ccccc21.[Cl-]. The molecule has 0 aliphatic carbocycles. The molecule has 0 amide bonds. The molecule has 1 heterocycles. The monoisotopic (exact) mass is 380 g/mol. The molecule has 1 aromatic carbocycles. The summed E-state index contributed by atoms with van der Waals surface area (Å²) in [6, 6.07) is 8.68. The van der Waals surface area contributed by atoms with Crippen molar-refractivity contribution in [2.24, 2.45) is 0 Å². The van der Waals surface area contributed by atoms with Crippen LogP contribution in [0.25, 0.3) is 11.0 Å². The molecule has 0 N–H and O–H groups in total. The van der Waals surface area contributed by atoms with Crippen LogP contribution in [0.15, 0.2) is 30.6 Å². The minimum absolute atomic E-state index is 0. The zero-order valence-electron chi connectivity index (χ0n) is 16.8. The zero-order chi connectivity index (χ0) is 17.7. The molecule has 3 nitrogen and oxygen atoms in total. The van der Waals surface area contributed by atoms with Crippen LogP contribution in [0.3, 0.4) is 0 Å². The van der Waals surface area contributed by atoms with E-state index in [2.05, 4.69) is 53.6 Å². The number of nitrogens with zero attached hydrogens (tertiary/aromatic N) is 2. The van der Waals surface area contributed by atoms with E-state index in [0.717, 1.165) is 13.2 Å². The molecule has 0 atom stereocenters. The number of imidazole rings is 1. The van der Waals surface area contributed by atoms with Gasteiger partial charge in [0, 0.05) is 0 Å². The van der Waals surface area contributed by atoms with Crippen LogP contribution in [0.1, 0.15) is 78.1 Å². The molecule has 148 valence electrons. The van der Waals surface area contributed by atoms with E-state index in [1.165, 1.54) is 75.2 Å². The highest BCUT2D eigenvalue weighted by Gasteiger charge is 2.14. The van der Waals surface area contributed by atoms with Crippen molar-refractivity contribution in [3.63, 3.8) is 0 Å². The standard InChI is InChI=1S/C22H37N2O.ClH/c1-3-5-7-9-10-13-17-23-19-24(20-25-18-14-8-6-4-2)22-16-12-11-15-21(22)23;/h11-12,15-16,19H,3-10,13-14,17-18,20H2,1-2H3;1H/q+1;/p-1. The summed E-state index contributed by atoms with van der Waals surface area (Å²) in [6.07, 6.45) is 15.3. The van der Waals surface area contributed by atoms with E-state index >= 15 is 0 Å². The Balaban J connectivity index is 0.00000338. The third kappa shape index (κ3) is 7.67. The highest BCUT2D eigenvalue weighted by atomic mass is 35.5. The van der Waals surface area contributed by atoms with Gasteiger partial charge >= 0.3 is 0 Å². The van der Waals surface area contributed by atoms with Crippen LogP contribution < -0.4 is 17.0 Å². The average Bonchev–Trinajstić information content (AvgIpc) is 2.99. The molecule has 2 rings (SSSR count). The molecule has 1 aromatic heterocycles. The molecule has 4 heteroatoms. The number of benzene rings is 1. The van der Waals surface area contributed by atoms with Gasteiger partial charge in [0.15, 0.2) is 17.8 Å². The quantitative estimate of drug-likeness (QED) is 0.364. The number of rotatable bonds is 14. The summed E-state index contributed by atoms with van der Waals surface area (Å²) in [5.41, 5.74) is 2.60. The first-order valence-electron chi connectivity index (χ1n) is 10.4. The van der Waals surface area contributed by atoms with Crippen LogP contribution in [0.2, 0.25) is 0 Å². The zero-order valence-corrected chi connectivity index (χ0v) is 17.5. The molecule has 26 heavy (non-hydrogen) atoms. The second kappa shape index (κ2) is 14.1. The molecular formula is C22H37ClN2O. The number of ether oxygens (including phenoxy) is 1. The van der Waals surface area contributed by atoms with Crippen LogP contribution in [-0.2, 0) is 18.0 Å². The molecule has 0 aliphatic heterocycles. The maximum Gasteiger partial charge on any atom is 0.246 e. The van der Waals surface area contributed by atoms with Gasteiger partial charge < -0.3 is 17.1 Å². The predicted octanol–water partition coefficient (Wildman–Crippen LogP) is 2.85. The summed E-state index contributed by atoms with van der Waals surface area (Å²) < 4.78 is 10.6. The minimum Gasteiger partial charge on any atom is -1.00 e. The second-order valence-electron chi connectivity index (χ2n) is 7.13. The highest BCUT2D eigenvalue weighted by molar-refractivity contribution is 5.71.